The van der Waals surface area contributed by atoms with Crippen LogP contribution in [0.3, 0.4) is 0 Å². The number of aromatic nitrogens is 2. The van der Waals surface area contributed by atoms with Gasteiger partial charge in [0.15, 0.2) is 5.11 Å². The number of nitrogens with zero attached hydrogens (tertiary/aromatic N) is 4. The van der Waals surface area contributed by atoms with Crippen LogP contribution in [0.25, 0.3) is 10.8 Å². The largest absolute Gasteiger partial charge is 0.351 e. The maximum atomic E-state index is 13.5. The number of halogens is 1. The Bertz CT molecular complexity index is 1840. The van der Waals surface area contributed by atoms with E-state index in [1.165, 1.54) is 12.1 Å². The summed E-state index contributed by atoms with van der Waals surface area (Å²) >= 11 is 9.60. The third kappa shape index (κ3) is 8.35. The van der Waals surface area contributed by atoms with Gasteiger partial charge in [-0.2, -0.15) is 0 Å². The molecular formula is C35H35BrN6O3S. The van der Waals surface area contributed by atoms with Gasteiger partial charge >= 0.3 is 0 Å². The zero-order valence-corrected chi connectivity index (χ0v) is 28.0. The van der Waals surface area contributed by atoms with Gasteiger partial charge in [-0.05, 0) is 68.1 Å². The molecule has 0 aliphatic rings. The number of hydrogen-bond donors (Lipinski definition) is 2. The lowest BCUT2D eigenvalue weighted by atomic mass is 10.0. The van der Waals surface area contributed by atoms with Crippen LogP contribution in [0.2, 0.25) is 0 Å². The minimum Gasteiger partial charge on any atom is -0.351 e. The highest BCUT2D eigenvalue weighted by Gasteiger charge is 2.23. The zero-order chi connectivity index (χ0) is 32.6. The predicted octanol–water partition coefficient (Wildman–Crippen LogP) is 7.34. The Balaban J connectivity index is 1.32. The lowest BCUT2D eigenvalue weighted by Gasteiger charge is -2.33. The molecule has 46 heavy (non-hydrogen) atoms. The van der Waals surface area contributed by atoms with Crippen LogP contribution in [0.15, 0.2) is 108 Å². The highest BCUT2D eigenvalue weighted by molar-refractivity contribution is 9.10. The first-order valence-electron chi connectivity index (χ1n) is 15.0. The molecule has 1 heterocycles. The molecule has 0 radical (unpaired) electrons. The fraction of sp³-hybridized carbons (Fsp3) is 0.229. The number of carbonyl (C=O) groups excluding carboxylic acids is 1. The van der Waals surface area contributed by atoms with Crippen molar-refractivity contribution in [3.8, 4) is 0 Å². The Hall–Kier alpha value is -4.61. The summed E-state index contributed by atoms with van der Waals surface area (Å²) in [6, 6.07) is 28.6. The van der Waals surface area contributed by atoms with Gasteiger partial charge in [-0.1, -0.05) is 80.6 Å². The molecule has 0 aliphatic heterocycles. The number of para-hydroxylation sites is 1. The molecule has 9 nitrogen and oxygen atoms in total. The summed E-state index contributed by atoms with van der Waals surface area (Å²) in [5.41, 5.74) is 3.66. The Morgan fingerprint density at radius 2 is 1.74 bits per heavy atom. The van der Waals surface area contributed by atoms with Gasteiger partial charge in [0.1, 0.15) is 0 Å². The van der Waals surface area contributed by atoms with Crippen LogP contribution in [-0.2, 0) is 24.3 Å². The molecule has 0 spiro atoms. The first-order valence-corrected chi connectivity index (χ1v) is 16.2. The van der Waals surface area contributed by atoms with Gasteiger partial charge in [-0.3, -0.25) is 14.9 Å². The van der Waals surface area contributed by atoms with E-state index in [2.05, 4.69) is 80.6 Å². The Labute approximate surface area is 281 Å². The zero-order valence-electron chi connectivity index (χ0n) is 25.6. The summed E-state index contributed by atoms with van der Waals surface area (Å²) < 4.78 is 2.79. The molecule has 0 saturated carbocycles. The lowest BCUT2D eigenvalue weighted by Crippen LogP contribution is -2.49. The summed E-state index contributed by atoms with van der Waals surface area (Å²) in [7, 11) is 0. The van der Waals surface area contributed by atoms with Crippen molar-refractivity contribution in [3.05, 3.63) is 135 Å². The maximum absolute atomic E-state index is 13.5. The van der Waals surface area contributed by atoms with E-state index in [0.29, 0.717) is 24.7 Å². The van der Waals surface area contributed by atoms with Crippen LogP contribution < -0.4 is 10.6 Å². The van der Waals surface area contributed by atoms with Gasteiger partial charge in [0.05, 0.1) is 23.4 Å². The maximum Gasteiger partial charge on any atom is 0.269 e. The second-order valence-corrected chi connectivity index (χ2v) is 12.7. The molecule has 11 heteroatoms. The van der Waals surface area contributed by atoms with Crippen molar-refractivity contribution in [1.82, 2.24) is 19.8 Å². The van der Waals surface area contributed by atoms with Crippen LogP contribution in [0.1, 0.15) is 30.7 Å². The second-order valence-electron chi connectivity index (χ2n) is 11.5. The summed E-state index contributed by atoms with van der Waals surface area (Å²) in [6.45, 7) is 5.67. The van der Waals surface area contributed by atoms with Crippen molar-refractivity contribution in [2.75, 3.05) is 11.9 Å². The first-order chi connectivity index (χ1) is 22.2. The van der Waals surface area contributed by atoms with Crippen LogP contribution in [0, 0.1) is 16.0 Å². The quantitative estimate of drug-likeness (QED) is 0.0798. The number of nitrogens with one attached hydrogen (secondary N) is 2. The number of anilines is 1. The predicted molar refractivity (Wildman–Crippen MR) is 190 cm³/mol. The molecule has 4 aromatic carbocycles. The Morgan fingerprint density at radius 3 is 2.48 bits per heavy atom. The van der Waals surface area contributed by atoms with Crippen molar-refractivity contribution in [2.45, 2.75) is 39.4 Å². The topological polar surface area (TPSA) is 105 Å². The van der Waals surface area contributed by atoms with Crippen LogP contribution in [0.4, 0.5) is 11.4 Å². The molecule has 5 aromatic rings. The average molecular weight is 700 g/mol. The molecule has 0 unspecified atom stereocenters. The van der Waals surface area contributed by atoms with Crippen LogP contribution in [-0.4, -0.2) is 43.0 Å². The number of thiocarbonyl (C=S) groups is 1. The van der Waals surface area contributed by atoms with Crippen molar-refractivity contribution in [2.24, 2.45) is 5.92 Å². The standard InChI is InChI=1S/C35H35BrN6O3S/c1-24(2)33(38-34(43)18-29-19-37-23-41(29)20-25-14-16-28(17-15-25)42(44)45)22-40(35(46)39-32-13-6-5-12-31(32)36)21-27-10-7-9-26-8-3-4-11-30(26)27/h3-17,19,23-24,33H,18,20-22H2,1-2H3,(H,38,43)(H,39,46)/t33-/m1/s1. The number of carbonyl (C=O) groups is 1. The van der Waals surface area contributed by atoms with E-state index in [1.54, 1.807) is 24.7 Å². The number of imidazole rings is 1. The minimum atomic E-state index is -0.422. The molecule has 5 rings (SSSR count). The molecule has 1 atom stereocenters. The van der Waals surface area contributed by atoms with E-state index in [-0.39, 0.29) is 30.0 Å². The van der Waals surface area contributed by atoms with E-state index in [1.807, 2.05) is 41.0 Å². The number of hydrogen-bond acceptors (Lipinski definition) is 5. The number of benzene rings is 4. The molecule has 236 valence electrons. The summed E-state index contributed by atoms with van der Waals surface area (Å²) in [4.78, 5) is 30.4. The third-order valence-corrected chi connectivity index (χ3v) is 8.90. The van der Waals surface area contributed by atoms with E-state index in [9.17, 15) is 14.9 Å². The second kappa shape index (κ2) is 15.1. The molecule has 0 aliphatic carbocycles. The molecule has 0 fully saturated rings. The van der Waals surface area contributed by atoms with Gasteiger partial charge in [0.25, 0.3) is 5.69 Å². The molecule has 0 saturated heterocycles. The fourth-order valence-electron chi connectivity index (χ4n) is 5.25. The molecular weight excluding hydrogens is 664 g/mol. The van der Waals surface area contributed by atoms with Crippen molar-refractivity contribution < 1.29 is 9.72 Å². The number of fused-ring (bicyclic) bond motifs is 1. The van der Waals surface area contributed by atoms with E-state index >= 15 is 0 Å². The van der Waals surface area contributed by atoms with E-state index in [4.69, 9.17) is 12.2 Å². The van der Waals surface area contributed by atoms with Gasteiger partial charge in [0, 0.05) is 54.2 Å². The smallest absolute Gasteiger partial charge is 0.269 e. The highest BCUT2D eigenvalue weighted by atomic mass is 79.9. The number of nitro groups is 1. The first kappa shape index (κ1) is 32.8. The van der Waals surface area contributed by atoms with Gasteiger partial charge in [0.2, 0.25) is 5.91 Å². The molecule has 1 amide bonds. The molecule has 0 bridgehead atoms. The normalized spacial score (nSPS) is 11.7. The Kier molecular flexibility index (Phi) is 10.8. The Morgan fingerprint density at radius 1 is 1.02 bits per heavy atom. The SMILES string of the molecule is CC(C)[C@@H](CN(Cc1cccc2ccccc12)C(=S)Nc1ccccc1Br)NC(=O)Cc1cncn1Cc1ccc([N+](=O)[O-])cc1. The lowest BCUT2D eigenvalue weighted by molar-refractivity contribution is -0.384. The fourth-order valence-corrected chi connectivity index (χ4v) is 5.89. The minimum absolute atomic E-state index is 0.0364. The van der Waals surface area contributed by atoms with Crippen molar-refractivity contribution >= 4 is 61.3 Å². The number of non-ortho nitro benzene ring substituents is 1. The average Bonchev–Trinajstić information content (AvgIpc) is 3.47. The molecule has 2 N–H and O–H groups in total. The number of nitro benzene ring substituents is 1. The third-order valence-electron chi connectivity index (χ3n) is 7.85. The summed E-state index contributed by atoms with van der Waals surface area (Å²) in [5, 5.41) is 20.5. The number of rotatable bonds is 12. The van der Waals surface area contributed by atoms with E-state index in [0.717, 1.165) is 37.8 Å². The van der Waals surface area contributed by atoms with E-state index < -0.39 is 4.92 Å². The highest BCUT2D eigenvalue weighted by Crippen LogP contribution is 2.24. The summed E-state index contributed by atoms with van der Waals surface area (Å²) in [6.07, 6.45) is 3.49. The van der Waals surface area contributed by atoms with Gasteiger partial charge < -0.3 is 20.1 Å². The molecule has 1 aromatic heterocycles. The van der Waals surface area contributed by atoms with Crippen LogP contribution >= 0.6 is 28.1 Å². The summed E-state index contributed by atoms with van der Waals surface area (Å²) in [5.74, 6) is -0.00538. The van der Waals surface area contributed by atoms with Gasteiger partial charge in [-0.25, -0.2) is 4.98 Å². The van der Waals surface area contributed by atoms with Crippen LogP contribution in [0.5, 0.6) is 0 Å². The van der Waals surface area contributed by atoms with Crippen molar-refractivity contribution in [3.63, 3.8) is 0 Å². The number of amides is 1. The van der Waals surface area contributed by atoms with Crippen molar-refractivity contribution in [1.29, 1.82) is 0 Å². The van der Waals surface area contributed by atoms with Gasteiger partial charge in [-0.15, -0.1) is 0 Å². The monoisotopic (exact) mass is 698 g/mol.